The summed E-state index contributed by atoms with van der Waals surface area (Å²) in [5.74, 6) is 1.69. The van der Waals surface area contributed by atoms with Gasteiger partial charge in [-0.05, 0) is 42.0 Å². The first kappa shape index (κ1) is 14.9. The van der Waals surface area contributed by atoms with Crippen LogP contribution in [0.25, 0.3) is 0 Å². The molecule has 5 heteroatoms. The molecule has 0 aliphatic rings. The average Bonchev–Trinajstić information content (AvgIpc) is 2.38. The van der Waals surface area contributed by atoms with E-state index < -0.39 is 12.0 Å². The Morgan fingerprint density at radius 1 is 1.39 bits per heavy atom. The second-order valence-corrected chi connectivity index (χ2v) is 5.17. The smallest absolute Gasteiger partial charge is 0.320 e. The standard InChI is InChI=1S/C13H19NO3S/c1-17-11-4-2-10(3-5-11)6-8-18-9-7-12(14)13(15)16/h2-5,12H,6-9,14H2,1H3,(H,15,16). The summed E-state index contributed by atoms with van der Waals surface area (Å²) in [5.41, 5.74) is 6.67. The summed E-state index contributed by atoms with van der Waals surface area (Å²) in [6.07, 6.45) is 1.49. The van der Waals surface area contributed by atoms with Crippen LogP contribution in [0.15, 0.2) is 24.3 Å². The lowest BCUT2D eigenvalue weighted by Gasteiger charge is -2.06. The van der Waals surface area contributed by atoms with Crippen molar-refractivity contribution in [3.05, 3.63) is 29.8 Å². The number of benzene rings is 1. The first-order valence-electron chi connectivity index (χ1n) is 5.82. The molecule has 0 fully saturated rings. The van der Waals surface area contributed by atoms with Crippen LogP contribution < -0.4 is 10.5 Å². The molecule has 100 valence electrons. The molecule has 0 saturated heterocycles. The van der Waals surface area contributed by atoms with Crippen LogP contribution in [0.2, 0.25) is 0 Å². The van der Waals surface area contributed by atoms with Crippen LogP contribution in [0.3, 0.4) is 0 Å². The molecule has 0 aromatic heterocycles. The third kappa shape index (κ3) is 5.42. The van der Waals surface area contributed by atoms with Crippen LogP contribution in [0, 0.1) is 0 Å². The fourth-order valence-electron chi connectivity index (χ4n) is 1.42. The monoisotopic (exact) mass is 269 g/mol. The van der Waals surface area contributed by atoms with Crippen LogP contribution in [-0.4, -0.2) is 35.7 Å². The van der Waals surface area contributed by atoms with E-state index in [1.54, 1.807) is 18.9 Å². The summed E-state index contributed by atoms with van der Waals surface area (Å²) >= 11 is 1.73. The minimum atomic E-state index is -0.925. The van der Waals surface area contributed by atoms with Crippen LogP contribution in [0.5, 0.6) is 5.75 Å². The molecule has 0 amide bonds. The van der Waals surface area contributed by atoms with Gasteiger partial charge in [-0.2, -0.15) is 11.8 Å². The number of methoxy groups -OCH3 is 1. The molecule has 0 aliphatic carbocycles. The predicted molar refractivity (Wildman–Crippen MR) is 74.3 cm³/mol. The SMILES string of the molecule is COc1ccc(CCSCCC(N)C(=O)O)cc1. The molecule has 1 aromatic carbocycles. The van der Waals surface area contributed by atoms with E-state index in [2.05, 4.69) is 0 Å². The molecule has 0 heterocycles. The van der Waals surface area contributed by atoms with E-state index in [1.807, 2.05) is 24.3 Å². The molecule has 1 unspecified atom stereocenters. The van der Waals surface area contributed by atoms with E-state index in [9.17, 15) is 4.79 Å². The summed E-state index contributed by atoms with van der Waals surface area (Å²) < 4.78 is 5.09. The Morgan fingerprint density at radius 3 is 2.61 bits per heavy atom. The number of aliphatic carboxylic acids is 1. The van der Waals surface area contributed by atoms with Crippen molar-refractivity contribution >= 4 is 17.7 Å². The van der Waals surface area contributed by atoms with Crippen molar-refractivity contribution in [1.82, 2.24) is 0 Å². The van der Waals surface area contributed by atoms with Crippen molar-refractivity contribution in [2.24, 2.45) is 5.73 Å². The summed E-state index contributed by atoms with van der Waals surface area (Å²) in [5, 5.41) is 8.62. The zero-order valence-corrected chi connectivity index (χ0v) is 11.3. The van der Waals surface area contributed by atoms with E-state index in [0.717, 1.165) is 23.7 Å². The number of carboxylic acid groups (broad SMARTS) is 1. The maximum Gasteiger partial charge on any atom is 0.320 e. The molecule has 0 saturated carbocycles. The molecule has 0 bridgehead atoms. The third-order valence-corrected chi connectivity index (χ3v) is 3.60. The van der Waals surface area contributed by atoms with E-state index in [1.165, 1.54) is 5.56 Å². The highest BCUT2D eigenvalue weighted by Crippen LogP contribution is 2.14. The highest BCUT2D eigenvalue weighted by atomic mass is 32.2. The number of thioether (sulfide) groups is 1. The fraction of sp³-hybridized carbons (Fsp3) is 0.462. The first-order valence-corrected chi connectivity index (χ1v) is 6.98. The van der Waals surface area contributed by atoms with E-state index in [0.29, 0.717) is 6.42 Å². The quantitative estimate of drug-likeness (QED) is 0.704. The summed E-state index contributed by atoms with van der Waals surface area (Å²) in [6, 6.07) is 7.24. The normalized spacial score (nSPS) is 12.1. The molecule has 1 rings (SSSR count). The maximum atomic E-state index is 10.5. The Kier molecular flexibility index (Phi) is 6.60. The Hall–Kier alpha value is -1.20. The number of carbonyl (C=O) groups is 1. The molecule has 1 aromatic rings. The van der Waals surface area contributed by atoms with Gasteiger partial charge in [-0.15, -0.1) is 0 Å². The summed E-state index contributed by atoms with van der Waals surface area (Å²) in [4.78, 5) is 10.5. The number of nitrogens with two attached hydrogens (primary N) is 1. The van der Waals surface area contributed by atoms with Crippen molar-refractivity contribution < 1.29 is 14.6 Å². The van der Waals surface area contributed by atoms with Crippen molar-refractivity contribution in [3.63, 3.8) is 0 Å². The second-order valence-electron chi connectivity index (χ2n) is 3.94. The Morgan fingerprint density at radius 2 is 2.06 bits per heavy atom. The molecule has 3 N–H and O–H groups in total. The maximum absolute atomic E-state index is 10.5. The van der Waals surface area contributed by atoms with Crippen LogP contribution in [0.1, 0.15) is 12.0 Å². The molecule has 0 spiro atoms. The number of aryl methyl sites for hydroxylation is 1. The van der Waals surface area contributed by atoms with Gasteiger partial charge in [-0.25, -0.2) is 0 Å². The zero-order valence-electron chi connectivity index (χ0n) is 10.5. The predicted octanol–water partition coefficient (Wildman–Crippen LogP) is 1.77. The van der Waals surface area contributed by atoms with Gasteiger partial charge in [0.25, 0.3) is 0 Å². The van der Waals surface area contributed by atoms with Gasteiger partial charge in [0.2, 0.25) is 0 Å². The van der Waals surface area contributed by atoms with Gasteiger partial charge >= 0.3 is 5.97 Å². The molecule has 4 nitrogen and oxygen atoms in total. The Labute approximate surface area is 112 Å². The summed E-state index contributed by atoms with van der Waals surface area (Å²) in [6.45, 7) is 0. The lowest BCUT2D eigenvalue weighted by Crippen LogP contribution is -2.30. The lowest BCUT2D eigenvalue weighted by molar-refractivity contribution is -0.138. The van der Waals surface area contributed by atoms with Gasteiger partial charge in [0, 0.05) is 0 Å². The minimum Gasteiger partial charge on any atom is -0.497 e. The number of hydrogen-bond donors (Lipinski definition) is 2. The van der Waals surface area contributed by atoms with Crippen molar-refractivity contribution in [2.45, 2.75) is 18.9 Å². The molecule has 0 aliphatic heterocycles. The van der Waals surface area contributed by atoms with Gasteiger partial charge in [0.1, 0.15) is 11.8 Å². The van der Waals surface area contributed by atoms with Crippen molar-refractivity contribution in [3.8, 4) is 5.75 Å². The average molecular weight is 269 g/mol. The topological polar surface area (TPSA) is 72.5 Å². The molecular weight excluding hydrogens is 250 g/mol. The van der Waals surface area contributed by atoms with Crippen molar-refractivity contribution in [1.29, 1.82) is 0 Å². The summed E-state index contributed by atoms with van der Waals surface area (Å²) in [7, 11) is 1.65. The van der Waals surface area contributed by atoms with Gasteiger partial charge in [-0.3, -0.25) is 4.79 Å². The van der Waals surface area contributed by atoms with E-state index >= 15 is 0 Å². The molecular formula is C13H19NO3S. The number of carboxylic acids is 1. The van der Waals surface area contributed by atoms with Gasteiger partial charge < -0.3 is 15.6 Å². The number of rotatable bonds is 8. The Bertz CT molecular complexity index is 367. The number of ether oxygens (including phenoxy) is 1. The largest absolute Gasteiger partial charge is 0.497 e. The molecule has 1 atom stereocenters. The minimum absolute atomic E-state index is 0.516. The van der Waals surface area contributed by atoms with Gasteiger partial charge in [0.15, 0.2) is 0 Å². The van der Waals surface area contributed by atoms with E-state index in [4.69, 9.17) is 15.6 Å². The van der Waals surface area contributed by atoms with Crippen LogP contribution in [0.4, 0.5) is 0 Å². The molecule has 18 heavy (non-hydrogen) atoms. The third-order valence-electron chi connectivity index (χ3n) is 2.58. The zero-order chi connectivity index (χ0) is 13.4. The fourth-order valence-corrected chi connectivity index (χ4v) is 2.42. The van der Waals surface area contributed by atoms with Crippen LogP contribution >= 0.6 is 11.8 Å². The highest BCUT2D eigenvalue weighted by molar-refractivity contribution is 7.99. The van der Waals surface area contributed by atoms with Crippen molar-refractivity contribution in [2.75, 3.05) is 18.6 Å². The second kappa shape index (κ2) is 8.00. The number of hydrogen-bond acceptors (Lipinski definition) is 4. The first-order chi connectivity index (χ1) is 8.63. The van der Waals surface area contributed by atoms with Crippen LogP contribution in [-0.2, 0) is 11.2 Å². The van der Waals surface area contributed by atoms with Gasteiger partial charge in [0.05, 0.1) is 7.11 Å². The Balaban J connectivity index is 2.15. The lowest BCUT2D eigenvalue weighted by atomic mass is 10.2. The van der Waals surface area contributed by atoms with Gasteiger partial charge in [-0.1, -0.05) is 12.1 Å². The highest BCUT2D eigenvalue weighted by Gasteiger charge is 2.09. The molecule has 0 radical (unpaired) electrons. The van der Waals surface area contributed by atoms with E-state index in [-0.39, 0.29) is 0 Å².